The van der Waals surface area contributed by atoms with E-state index in [4.69, 9.17) is 0 Å². The molecule has 0 saturated carbocycles. The molecule has 0 aliphatic carbocycles. The number of halogens is 2. The molecule has 0 atom stereocenters. The molecule has 0 aliphatic heterocycles. The normalized spacial score (nSPS) is 10.7. The number of alkyl halides is 1. The van der Waals surface area contributed by atoms with Gasteiger partial charge in [-0.05, 0) is 26.3 Å². The Balaban J connectivity index is 3.03. The highest BCUT2D eigenvalue weighted by Crippen LogP contribution is 2.19. The first-order chi connectivity index (χ1) is 9.38. The lowest BCUT2D eigenvalue weighted by Crippen LogP contribution is -2.38. The average Bonchev–Trinajstić information content (AvgIpc) is 2.38. The number of hydrogen-bond donors (Lipinski definition) is 0. The van der Waals surface area contributed by atoms with Crippen molar-refractivity contribution in [2.45, 2.75) is 26.3 Å². The van der Waals surface area contributed by atoms with Crippen molar-refractivity contribution in [2.75, 3.05) is 11.9 Å². The zero-order chi connectivity index (χ0) is 15.3. The monoisotopic (exact) mass is 346 g/mol. The van der Waals surface area contributed by atoms with Crippen LogP contribution in [0.4, 0.5) is 10.1 Å². The van der Waals surface area contributed by atoms with E-state index in [1.54, 1.807) is 4.90 Å². The van der Waals surface area contributed by atoms with E-state index in [2.05, 4.69) is 15.9 Å². The van der Waals surface area contributed by atoms with Gasteiger partial charge in [-0.15, -0.1) is 0 Å². The molecule has 110 valence electrons. The van der Waals surface area contributed by atoms with E-state index in [0.29, 0.717) is 6.54 Å². The van der Waals surface area contributed by atoms with Crippen LogP contribution in [-0.2, 0) is 0 Å². The third-order valence-electron chi connectivity index (χ3n) is 2.81. The van der Waals surface area contributed by atoms with Gasteiger partial charge in [-0.3, -0.25) is 14.9 Å². The Bertz CT molecular complexity index is 508. The summed E-state index contributed by atoms with van der Waals surface area (Å²) < 4.78 is 13.8. The smallest absolute Gasteiger partial charge is 0.272 e. The highest BCUT2D eigenvalue weighted by molar-refractivity contribution is 9.09. The molecule has 1 amide bonds. The Morgan fingerprint density at radius 1 is 1.50 bits per heavy atom. The number of nitro benzene ring substituents is 1. The van der Waals surface area contributed by atoms with E-state index in [1.165, 1.54) is 6.07 Å². The van der Waals surface area contributed by atoms with Crippen molar-refractivity contribution in [3.05, 3.63) is 39.7 Å². The standard InChI is InChI=1S/C13H16BrFN2O3/c1-9(2)16(7-3-6-14)13(18)11-5-4-10(17(19)20)8-12(11)15/h4-5,8-9H,3,6-7H2,1-2H3. The minimum atomic E-state index is -0.867. The van der Waals surface area contributed by atoms with Crippen molar-refractivity contribution in [1.82, 2.24) is 4.90 Å². The van der Waals surface area contributed by atoms with Crippen molar-refractivity contribution >= 4 is 27.5 Å². The second-order valence-corrected chi connectivity index (χ2v) is 5.35. The van der Waals surface area contributed by atoms with Gasteiger partial charge in [-0.2, -0.15) is 0 Å². The summed E-state index contributed by atoms with van der Waals surface area (Å²) in [5.74, 6) is -1.32. The number of carbonyl (C=O) groups excluding carboxylic acids is 1. The van der Waals surface area contributed by atoms with E-state index >= 15 is 0 Å². The van der Waals surface area contributed by atoms with Crippen LogP contribution in [0.5, 0.6) is 0 Å². The molecule has 0 radical (unpaired) electrons. The van der Waals surface area contributed by atoms with E-state index in [9.17, 15) is 19.3 Å². The summed E-state index contributed by atoms with van der Waals surface area (Å²) in [5, 5.41) is 11.3. The molecule has 1 aromatic rings. The molecular formula is C13H16BrFN2O3. The first-order valence-corrected chi connectivity index (χ1v) is 7.31. The molecule has 0 bridgehead atoms. The zero-order valence-corrected chi connectivity index (χ0v) is 12.9. The van der Waals surface area contributed by atoms with Crippen LogP contribution in [-0.4, -0.2) is 33.6 Å². The summed E-state index contributed by atoms with van der Waals surface area (Å²) in [6.07, 6.45) is 0.749. The molecule has 0 N–H and O–H groups in total. The minimum absolute atomic E-state index is 0.0730. The summed E-state index contributed by atoms with van der Waals surface area (Å²) in [5.41, 5.74) is -0.505. The summed E-state index contributed by atoms with van der Waals surface area (Å²) in [7, 11) is 0. The maximum absolute atomic E-state index is 13.8. The predicted molar refractivity (Wildman–Crippen MR) is 77.6 cm³/mol. The Labute approximate surface area is 125 Å². The van der Waals surface area contributed by atoms with Crippen molar-refractivity contribution in [3.8, 4) is 0 Å². The topological polar surface area (TPSA) is 63.5 Å². The number of benzene rings is 1. The highest BCUT2D eigenvalue weighted by atomic mass is 79.9. The van der Waals surface area contributed by atoms with Gasteiger partial charge < -0.3 is 4.90 Å². The van der Waals surface area contributed by atoms with Crippen LogP contribution in [0.1, 0.15) is 30.6 Å². The molecule has 0 aromatic heterocycles. The SMILES string of the molecule is CC(C)N(CCCBr)C(=O)c1ccc([N+](=O)[O-])cc1F. The summed E-state index contributed by atoms with van der Waals surface area (Å²) in [4.78, 5) is 23.7. The molecule has 0 saturated heterocycles. The Kier molecular flexibility index (Phi) is 6.06. The molecule has 0 unspecified atom stereocenters. The fourth-order valence-corrected chi connectivity index (χ4v) is 2.02. The highest BCUT2D eigenvalue weighted by Gasteiger charge is 2.22. The number of rotatable bonds is 6. The summed E-state index contributed by atoms with van der Waals surface area (Å²) in [6, 6.07) is 3.01. The van der Waals surface area contributed by atoms with Gasteiger partial charge in [0, 0.05) is 24.0 Å². The maximum atomic E-state index is 13.8. The number of nitrogens with zero attached hydrogens (tertiary/aromatic N) is 2. The lowest BCUT2D eigenvalue weighted by molar-refractivity contribution is -0.385. The van der Waals surface area contributed by atoms with Gasteiger partial charge in [0.2, 0.25) is 0 Å². The fraction of sp³-hybridized carbons (Fsp3) is 0.462. The van der Waals surface area contributed by atoms with Crippen molar-refractivity contribution in [3.63, 3.8) is 0 Å². The van der Waals surface area contributed by atoms with Gasteiger partial charge in [0.15, 0.2) is 0 Å². The van der Waals surface area contributed by atoms with Crippen molar-refractivity contribution in [2.24, 2.45) is 0 Å². The molecule has 20 heavy (non-hydrogen) atoms. The molecule has 7 heteroatoms. The lowest BCUT2D eigenvalue weighted by Gasteiger charge is -2.26. The maximum Gasteiger partial charge on any atom is 0.272 e. The number of amides is 1. The Morgan fingerprint density at radius 2 is 2.15 bits per heavy atom. The molecule has 1 rings (SSSR count). The second-order valence-electron chi connectivity index (χ2n) is 4.56. The van der Waals surface area contributed by atoms with Gasteiger partial charge in [0.1, 0.15) is 5.82 Å². The number of hydrogen-bond acceptors (Lipinski definition) is 3. The molecule has 5 nitrogen and oxygen atoms in total. The molecular weight excluding hydrogens is 331 g/mol. The molecule has 0 aliphatic rings. The van der Waals surface area contributed by atoms with Crippen LogP contribution in [0.3, 0.4) is 0 Å². The molecule has 0 heterocycles. The van der Waals surface area contributed by atoms with E-state index < -0.39 is 16.6 Å². The van der Waals surface area contributed by atoms with E-state index in [1.807, 2.05) is 13.8 Å². The minimum Gasteiger partial charge on any atom is -0.336 e. The molecule has 0 fully saturated rings. The van der Waals surface area contributed by atoms with Crippen LogP contribution in [0.15, 0.2) is 18.2 Å². The average molecular weight is 347 g/mol. The molecule has 1 aromatic carbocycles. The summed E-state index contributed by atoms with van der Waals surface area (Å²) >= 11 is 3.29. The first-order valence-electron chi connectivity index (χ1n) is 6.19. The van der Waals surface area contributed by atoms with Crippen molar-refractivity contribution in [1.29, 1.82) is 0 Å². The van der Waals surface area contributed by atoms with Crippen molar-refractivity contribution < 1.29 is 14.1 Å². The van der Waals surface area contributed by atoms with Gasteiger partial charge in [-0.1, -0.05) is 15.9 Å². The van der Waals surface area contributed by atoms with Crippen LogP contribution >= 0.6 is 15.9 Å². The number of carbonyl (C=O) groups is 1. The van der Waals surface area contributed by atoms with Gasteiger partial charge in [0.25, 0.3) is 11.6 Å². The van der Waals surface area contributed by atoms with Crippen LogP contribution in [0.25, 0.3) is 0 Å². The largest absolute Gasteiger partial charge is 0.336 e. The third kappa shape index (κ3) is 4.00. The lowest BCUT2D eigenvalue weighted by atomic mass is 10.1. The van der Waals surface area contributed by atoms with Crippen LogP contribution < -0.4 is 0 Å². The van der Waals surface area contributed by atoms with E-state index in [0.717, 1.165) is 23.9 Å². The predicted octanol–water partition coefficient (Wildman–Crippen LogP) is 3.37. The van der Waals surface area contributed by atoms with Gasteiger partial charge in [0.05, 0.1) is 16.6 Å². The second kappa shape index (κ2) is 7.33. The third-order valence-corrected chi connectivity index (χ3v) is 3.37. The Morgan fingerprint density at radius 3 is 2.60 bits per heavy atom. The first kappa shape index (κ1) is 16.6. The molecule has 0 spiro atoms. The number of nitro groups is 1. The van der Waals surface area contributed by atoms with Crippen LogP contribution in [0, 0.1) is 15.9 Å². The van der Waals surface area contributed by atoms with E-state index in [-0.39, 0.29) is 17.3 Å². The fourth-order valence-electron chi connectivity index (χ4n) is 1.77. The number of non-ortho nitro benzene ring substituents is 1. The van der Waals surface area contributed by atoms with Gasteiger partial charge >= 0.3 is 0 Å². The zero-order valence-electron chi connectivity index (χ0n) is 11.3. The summed E-state index contributed by atoms with van der Waals surface area (Å²) in [6.45, 7) is 4.18. The van der Waals surface area contributed by atoms with Crippen LogP contribution in [0.2, 0.25) is 0 Å². The Hall–Kier alpha value is -1.50. The van der Waals surface area contributed by atoms with Gasteiger partial charge in [-0.25, -0.2) is 4.39 Å². The quantitative estimate of drug-likeness (QED) is 0.450.